The van der Waals surface area contributed by atoms with Crippen LogP contribution in [0.3, 0.4) is 0 Å². The fourth-order valence-electron chi connectivity index (χ4n) is 1.40. The smallest absolute Gasteiger partial charge is 0.321 e. The molecule has 1 aromatic rings. The molecule has 106 valence electrons. The molecule has 0 aliphatic rings. The van der Waals surface area contributed by atoms with Gasteiger partial charge in [0.15, 0.2) is 6.10 Å². The van der Waals surface area contributed by atoms with Gasteiger partial charge in [0.2, 0.25) is 0 Å². The number of nitriles is 1. The molecule has 1 aromatic carbocycles. The standard InChI is InChI=1S/C13H16N4O3/c1-3-16-13(19)17-12(18)8(2)20-11-5-4-10(15)6-9(11)7-14/h4-6,8H,3,15H2,1-2H3,(H2,16,17,18,19). The lowest BCUT2D eigenvalue weighted by atomic mass is 10.2. The second-order valence-corrected chi connectivity index (χ2v) is 3.98. The number of hydrogen-bond donors (Lipinski definition) is 3. The first-order valence-electron chi connectivity index (χ1n) is 6.03. The lowest BCUT2D eigenvalue weighted by Gasteiger charge is -2.15. The number of hydrogen-bond acceptors (Lipinski definition) is 5. The van der Waals surface area contributed by atoms with E-state index in [0.29, 0.717) is 12.2 Å². The number of rotatable bonds is 4. The third-order valence-corrected chi connectivity index (χ3v) is 2.37. The van der Waals surface area contributed by atoms with Crippen LogP contribution in [0.25, 0.3) is 0 Å². The van der Waals surface area contributed by atoms with E-state index in [1.165, 1.54) is 19.1 Å². The third kappa shape index (κ3) is 4.17. The Balaban J connectivity index is 2.71. The van der Waals surface area contributed by atoms with Crippen molar-refractivity contribution in [1.82, 2.24) is 10.6 Å². The van der Waals surface area contributed by atoms with E-state index in [1.54, 1.807) is 13.0 Å². The van der Waals surface area contributed by atoms with Gasteiger partial charge < -0.3 is 15.8 Å². The van der Waals surface area contributed by atoms with Gasteiger partial charge in [0.05, 0.1) is 5.56 Å². The molecule has 0 aliphatic carbocycles. The van der Waals surface area contributed by atoms with Crippen molar-refractivity contribution >= 4 is 17.6 Å². The van der Waals surface area contributed by atoms with Gasteiger partial charge in [0, 0.05) is 12.2 Å². The highest BCUT2D eigenvalue weighted by molar-refractivity contribution is 5.96. The highest BCUT2D eigenvalue weighted by Gasteiger charge is 2.18. The van der Waals surface area contributed by atoms with Crippen molar-refractivity contribution in [2.75, 3.05) is 12.3 Å². The number of anilines is 1. The molecule has 1 unspecified atom stereocenters. The summed E-state index contributed by atoms with van der Waals surface area (Å²) in [5.41, 5.74) is 6.20. The molecular formula is C13H16N4O3. The summed E-state index contributed by atoms with van der Waals surface area (Å²) in [4.78, 5) is 22.9. The number of benzene rings is 1. The zero-order chi connectivity index (χ0) is 15.1. The van der Waals surface area contributed by atoms with Gasteiger partial charge in [0.25, 0.3) is 5.91 Å². The maximum Gasteiger partial charge on any atom is 0.321 e. The topological polar surface area (TPSA) is 117 Å². The first-order valence-corrected chi connectivity index (χ1v) is 6.03. The summed E-state index contributed by atoms with van der Waals surface area (Å²) in [6.45, 7) is 3.62. The zero-order valence-corrected chi connectivity index (χ0v) is 11.3. The minimum Gasteiger partial charge on any atom is -0.479 e. The number of nitrogens with zero attached hydrogens (tertiary/aromatic N) is 1. The van der Waals surface area contributed by atoms with Crippen molar-refractivity contribution in [2.45, 2.75) is 20.0 Å². The molecule has 0 saturated carbocycles. The van der Waals surface area contributed by atoms with Gasteiger partial charge >= 0.3 is 6.03 Å². The molecule has 0 radical (unpaired) electrons. The molecule has 0 aliphatic heterocycles. The van der Waals surface area contributed by atoms with Crippen LogP contribution >= 0.6 is 0 Å². The van der Waals surface area contributed by atoms with Crippen LogP contribution in [0, 0.1) is 11.3 Å². The lowest BCUT2D eigenvalue weighted by Crippen LogP contribution is -2.45. The summed E-state index contributed by atoms with van der Waals surface area (Å²) in [5.74, 6) is -0.364. The average molecular weight is 276 g/mol. The van der Waals surface area contributed by atoms with Crippen molar-refractivity contribution in [3.05, 3.63) is 23.8 Å². The van der Waals surface area contributed by atoms with Gasteiger partial charge in [-0.05, 0) is 32.0 Å². The Morgan fingerprint density at radius 1 is 1.50 bits per heavy atom. The molecule has 7 heteroatoms. The van der Waals surface area contributed by atoms with E-state index in [1.807, 2.05) is 6.07 Å². The van der Waals surface area contributed by atoms with Crippen LogP contribution in [0.4, 0.5) is 10.5 Å². The number of amides is 3. The van der Waals surface area contributed by atoms with Crippen molar-refractivity contribution in [2.24, 2.45) is 0 Å². The first kappa shape index (κ1) is 15.3. The molecule has 3 amide bonds. The van der Waals surface area contributed by atoms with Crippen LogP contribution in [0.2, 0.25) is 0 Å². The summed E-state index contributed by atoms with van der Waals surface area (Å²) >= 11 is 0. The number of ether oxygens (including phenoxy) is 1. The van der Waals surface area contributed by atoms with E-state index in [4.69, 9.17) is 15.7 Å². The van der Waals surface area contributed by atoms with Crippen LogP contribution in [0.1, 0.15) is 19.4 Å². The molecular weight excluding hydrogens is 260 g/mol. The Morgan fingerprint density at radius 2 is 2.20 bits per heavy atom. The Hall–Kier alpha value is -2.75. The van der Waals surface area contributed by atoms with Crippen LogP contribution in [0.5, 0.6) is 5.75 Å². The summed E-state index contributed by atoms with van der Waals surface area (Å²) in [6.07, 6.45) is -0.923. The summed E-state index contributed by atoms with van der Waals surface area (Å²) in [5, 5.41) is 13.5. The predicted octanol–water partition coefficient (Wildman–Crippen LogP) is 0.753. The predicted molar refractivity (Wildman–Crippen MR) is 72.9 cm³/mol. The van der Waals surface area contributed by atoms with E-state index in [0.717, 1.165) is 0 Å². The minimum atomic E-state index is -0.923. The summed E-state index contributed by atoms with van der Waals surface area (Å²) < 4.78 is 5.36. The van der Waals surface area contributed by atoms with E-state index in [2.05, 4.69) is 10.6 Å². The number of nitrogens with one attached hydrogen (secondary N) is 2. The summed E-state index contributed by atoms with van der Waals surface area (Å²) in [6, 6.07) is 5.85. The van der Waals surface area contributed by atoms with Gasteiger partial charge in [0.1, 0.15) is 11.8 Å². The largest absolute Gasteiger partial charge is 0.479 e. The SMILES string of the molecule is CCNC(=O)NC(=O)C(C)Oc1ccc(N)cc1C#N. The van der Waals surface area contributed by atoms with Crippen molar-refractivity contribution in [3.8, 4) is 11.8 Å². The van der Waals surface area contributed by atoms with Gasteiger partial charge in [-0.25, -0.2) is 4.79 Å². The number of carbonyl (C=O) groups excluding carboxylic acids is 2. The van der Waals surface area contributed by atoms with Gasteiger partial charge in [-0.3, -0.25) is 10.1 Å². The number of carbonyl (C=O) groups is 2. The van der Waals surface area contributed by atoms with Crippen molar-refractivity contribution in [1.29, 1.82) is 5.26 Å². The fraction of sp³-hybridized carbons (Fsp3) is 0.308. The number of nitrogens with two attached hydrogens (primary N) is 1. The number of imide groups is 1. The monoisotopic (exact) mass is 276 g/mol. The molecule has 0 bridgehead atoms. The molecule has 20 heavy (non-hydrogen) atoms. The maximum atomic E-state index is 11.7. The second-order valence-electron chi connectivity index (χ2n) is 3.98. The van der Waals surface area contributed by atoms with E-state index < -0.39 is 18.0 Å². The quantitative estimate of drug-likeness (QED) is 0.701. The van der Waals surface area contributed by atoms with Crippen LogP contribution < -0.4 is 21.1 Å². The average Bonchev–Trinajstić information content (AvgIpc) is 2.40. The lowest BCUT2D eigenvalue weighted by molar-refractivity contribution is -0.126. The van der Waals surface area contributed by atoms with E-state index in [9.17, 15) is 9.59 Å². The zero-order valence-electron chi connectivity index (χ0n) is 11.3. The summed E-state index contributed by atoms with van der Waals surface area (Å²) in [7, 11) is 0. The third-order valence-electron chi connectivity index (χ3n) is 2.37. The Labute approximate surface area is 116 Å². The fourth-order valence-corrected chi connectivity index (χ4v) is 1.40. The van der Waals surface area contributed by atoms with Gasteiger partial charge in [-0.1, -0.05) is 0 Å². The Bertz CT molecular complexity index is 551. The molecule has 0 saturated heterocycles. The van der Waals surface area contributed by atoms with Gasteiger partial charge in [-0.15, -0.1) is 0 Å². The van der Waals surface area contributed by atoms with E-state index >= 15 is 0 Å². The van der Waals surface area contributed by atoms with Crippen LogP contribution in [-0.4, -0.2) is 24.6 Å². The minimum absolute atomic E-state index is 0.225. The molecule has 0 aromatic heterocycles. The molecule has 1 rings (SSSR count). The highest BCUT2D eigenvalue weighted by Crippen LogP contribution is 2.21. The molecule has 4 N–H and O–H groups in total. The second kappa shape index (κ2) is 6.99. The molecule has 0 fully saturated rings. The van der Waals surface area contributed by atoms with Crippen LogP contribution in [0.15, 0.2) is 18.2 Å². The molecule has 0 spiro atoms. The first-order chi connectivity index (χ1) is 9.47. The Morgan fingerprint density at radius 3 is 2.80 bits per heavy atom. The maximum absolute atomic E-state index is 11.7. The van der Waals surface area contributed by atoms with Crippen molar-refractivity contribution < 1.29 is 14.3 Å². The van der Waals surface area contributed by atoms with Crippen molar-refractivity contribution in [3.63, 3.8) is 0 Å². The highest BCUT2D eigenvalue weighted by atomic mass is 16.5. The molecule has 7 nitrogen and oxygen atoms in total. The molecule has 0 heterocycles. The van der Waals surface area contributed by atoms with E-state index in [-0.39, 0.29) is 11.3 Å². The molecule has 1 atom stereocenters. The normalized spacial score (nSPS) is 11.1. The van der Waals surface area contributed by atoms with Crippen LogP contribution in [-0.2, 0) is 4.79 Å². The Kier molecular flexibility index (Phi) is 5.35. The number of urea groups is 1. The number of nitrogen functional groups attached to an aromatic ring is 1. The van der Waals surface area contributed by atoms with Gasteiger partial charge in [-0.2, -0.15) is 5.26 Å².